The second-order valence-electron chi connectivity index (χ2n) is 6.75. The van der Waals surface area contributed by atoms with Gasteiger partial charge in [-0.1, -0.05) is 13.8 Å². The van der Waals surface area contributed by atoms with Gasteiger partial charge in [-0.15, -0.1) is 0 Å². The summed E-state index contributed by atoms with van der Waals surface area (Å²) in [5, 5.41) is 21.5. The number of likely N-dealkylation sites (tertiary alicyclic amines) is 1. The first kappa shape index (κ1) is 20.9. The van der Waals surface area contributed by atoms with Crippen LogP contribution in [0.25, 0.3) is 0 Å². The SMILES string of the molecule is CCOc1ccc(NC(=O)CN2C(=O)C(C#N)C(C)(CC)C(C#N)C2=O)cc1. The molecule has 1 aromatic carbocycles. The normalized spacial score (nSPS) is 24.2. The molecule has 146 valence electrons. The van der Waals surface area contributed by atoms with Crippen LogP contribution in [0.15, 0.2) is 24.3 Å². The number of amides is 3. The van der Waals surface area contributed by atoms with Crippen LogP contribution in [0.2, 0.25) is 0 Å². The highest BCUT2D eigenvalue weighted by Gasteiger charge is 2.56. The van der Waals surface area contributed by atoms with Crippen molar-refractivity contribution in [1.29, 1.82) is 10.5 Å². The quantitative estimate of drug-likeness (QED) is 0.752. The van der Waals surface area contributed by atoms with Crippen molar-refractivity contribution in [2.24, 2.45) is 17.3 Å². The Morgan fingerprint density at radius 3 is 2.11 bits per heavy atom. The number of benzene rings is 1. The molecule has 0 aromatic heterocycles. The van der Waals surface area contributed by atoms with Crippen molar-refractivity contribution in [3.63, 3.8) is 0 Å². The van der Waals surface area contributed by atoms with E-state index in [1.807, 2.05) is 19.1 Å². The zero-order valence-corrected chi connectivity index (χ0v) is 16.1. The number of nitrogens with one attached hydrogen (secondary N) is 1. The molecule has 8 nitrogen and oxygen atoms in total. The molecule has 1 heterocycles. The number of hydrogen-bond donors (Lipinski definition) is 1. The van der Waals surface area contributed by atoms with E-state index >= 15 is 0 Å². The third kappa shape index (κ3) is 3.81. The van der Waals surface area contributed by atoms with Crippen LogP contribution in [0, 0.1) is 39.9 Å². The number of nitriles is 2. The maximum absolute atomic E-state index is 12.7. The van der Waals surface area contributed by atoms with E-state index in [4.69, 9.17) is 4.74 Å². The average molecular weight is 382 g/mol. The van der Waals surface area contributed by atoms with E-state index in [9.17, 15) is 24.9 Å². The molecule has 0 bridgehead atoms. The second-order valence-corrected chi connectivity index (χ2v) is 6.75. The molecule has 0 aliphatic carbocycles. The van der Waals surface area contributed by atoms with Gasteiger partial charge in [0.15, 0.2) is 0 Å². The predicted molar refractivity (Wildman–Crippen MR) is 99.6 cm³/mol. The van der Waals surface area contributed by atoms with Gasteiger partial charge in [0.05, 0.1) is 18.7 Å². The first-order valence-corrected chi connectivity index (χ1v) is 8.99. The van der Waals surface area contributed by atoms with Crippen molar-refractivity contribution in [3.05, 3.63) is 24.3 Å². The van der Waals surface area contributed by atoms with E-state index in [-0.39, 0.29) is 0 Å². The van der Waals surface area contributed by atoms with Crippen LogP contribution < -0.4 is 10.1 Å². The zero-order valence-electron chi connectivity index (χ0n) is 16.1. The first-order chi connectivity index (χ1) is 13.3. The summed E-state index contributed by atoms with van der Waals surface area (Å²) in [7, 11) is 0. The number of imide groups is 1. The number of rotatable bonds is 6. The van der Waals surface area contributed by atoms with Gasteiger partial charge in [0.1, 0.15) is 24.1 Å². The smallest absolute Gasteiger partial charge is 0.247 e. The van der Waals surface area contributed by atoms with Gasteiger partial charge in [-0.2, -0.15) is 10.5 Å². The zero-order chi connectivity index (χ0) is 20.9. The van der Waals surface area contributed by atoms with Gasteiger partial charge in [0.2, 0.25) is 17.7 Å². The Hall–Kier alpha value is -3.39. The molecule has 1 fully saturated rings. The number of piperidine rings is 1. The number of hydrogen-bond acceptors (Lipinski definition) is 6. The molecule has 28 heavy (non-hydrogen) atoms. The minimum absolute atomic E-state index is 0.313. The van der Waals surface area contributed by atoms with E-state index < -0.39 is 41.5 Å². The third-order valence-corrected chi connectivity index (χ3v) is 5.12. The summed E-state index contributed by atoms with van der Waals surface area (Å²) in [6.07, 6.45) is 0.313. The van der Waals surface area contributed by atoms with Gasteiger partial charge in [0.25, 0.3) is 0 Å². The van der Waals surface area contributed by atoms with Crippen molar-refractivity contribution in [1.82, 2.24) is 4.90 Å². The molecule has 0 saturated carbocycles. The number of nitrogens with zero attached hydrogens (tertiary/aromatic N) is 3. The van der Waals surface area contributed by atoms with Crippen LogP contribution in [0.1, 0.15) is 27.2 Å². The molecule has 1 aromatic rings. The maximum Gasteiger partial charge on any atom is 0.247 e. The van der Waals surface area contributed by atoms with E-state index in [0.717, 1.165) is 0 Å². The fourth-order valence-corrected chi connectivity index (χ4v) is 3.27. The van der Waals surface area contributed by atoms with Gasteiger partial charge in [-0.3, -0.25) is 19.3 Å². The van der Waals surface area contributed by atoms with Gasteiger partial charge in [-0.05, 0) is 37.6 Å². The minimum Gasteiger partial charge on any atom is -0.494 e. The van der Waals surface area contributed by atoms with Crippen LogP contribution in [-0.4, -0.2) is 35.8 Å². The third-order valence-electron chi connectivity index (χ3n) is 5.12. The Morgan fingerprint density at radius 2 is 1.68 bits per heavy atom. The van der Waals surface area contributed by atoms with Crippen LogP contribution in [0.4, 0.5) is 5.69 Å². The highest BCUT2D eigenvalue weighted by Crippen LogP contribution is 2.44. The Morgan fingerprint density at radius 1 is 1.14 bits per heavy atom. The Bertz CT molecular complexity index is 816. The predicted octanol–water partition coefficient (Wildman–Crippen LogP) is 2.09. The fourth-order valence-electron chi connectivity index (χ4n) is 3.27. The van der Waals surface area contributed by atoms with Crippen LogP contribution in [0.5, 0.6) is 5.75 Å². The van der Waals surface area contributed by atoms with E-state index in [0.29, 0.717) is 29.4 Å². The van der Waals surface area contributed by atoms with Gasteiger partial charge < -0.3 is 10.1 Å². The molecule has 1 aliphatic heterocycles. The number of carbonyl (C=O) groups excluding carboxylic acids is 3. The standard InChI is InChI=1S/C20H22N4O4/c1-4-20(3)15(10-21)18(26)24(19(27)16(20)11-22)12-17(25)23-13-6-8-14(9-7-13)28-5-2/h6-9,15-16H,4-5,12H2,1-3H3,(H,23,25). The lowest BCUT2D eigenvalue weighted by molar-refractivity contribution is -0.162. The molecule has 2 atom stereocenters. The summed E-state index contributed by atoms with van der Waals surface area (Å²) in [6.45, 7) is 5.13. The number of anilines is 1. The summed E-state index contributed by atoms with van der Waals surface area (Å²) in [5.74, 6) is -3.78. The molecular formula is C20H22N4O4. The molecule has 1 aliphatic rings. The molecule has 8 heteroatoms. The Kier molecular flexibility index (Phi) is 6.37. The Balaban J connectivity index is 2.17. The van der Waals surface area contributed by atoms with E-state index in [1.54, 1.807) is 38.1 Å². The molecule has 2 unspecified atom stereocenters. The summed E-state index contributed by atoms with van der Waals surface area (Å²) in [6, 6.07) is 10.4. The lowest BCUT2D eigenvalue weighted by atomic mass is 9.63. The van der Waals surface area contributed by atoms with Crippen LogP contribution in [0.3, 0.4) is 0 Å². The van der Waals surface area contributed by atoms with Crippen molar-refractivity contribution in [2.45, 2.75) is 27.2 Å². The summed E-state index contributed by atoms with van der Waals surface area (Å²) in [5.41, 5.74) is -0.614. The second kappa shape index (κ2) is 8.53. The van der Waals surface area contributed by atoms with Crippen LogP contribution >= 0.6 is 0 Å². The minimum atomic E-state index is -1.17. The van der Waals surface area contributed by atoms with Crippen molar-refractivity contribution < 1.29 is 19.1 Å². The molecule has 3 amide bonds. The molecule has 0 radical (unpaired) electrons. The first-order valence-electron chi connectivity index (χ1n) is 8.99. The summed E-state index contributed by atoms with van der Waals surface area (Å²) < 4.78 is 5.32. The van der Waals surface area contributed by atoms with E-state index in [2.05, 4.69) is 5.32 Å². The summed E-state index contributed by atoms with van der Waals surface area (Å²) in [4.78, 5) is 38.4. The highest BCUT2D eigenvalue weighted by atomic mass is 16.5. The molecule has 1 N–H and O–H groups in total. The summed E-state index contributed by atoms with van der Waals surface area (Å²) >= 11 is 0. The Labute approximate surface area is 163 Å². The van der Waals surface area contributed by atoms with Gasteiger partial charge in [0, 0.05) is 11.1 Å². The molecule has 0 spiro atoms. The van der Waals surface area contributed by atoms with Crippen molar-refractivity contribution in [3.8, 4) is 17.9 Å². The fraction of sp³-hybridized carbons (Fsp3) is 0.450. The van der Waals surface area contributed by atoms with Crippen LogP contribution in [-0.2, 0) is 14.4 Å². The van der Waals surface area contributed by atoms with Gasteiger partial charge in [-0.25, -0.2) is 0 Å². The van der Waals surface area contributed by atoms with Crippen molar-refractivity contribution in [2.75, 3.05) is 18.5 Å². The average Bonchev–Trinajstić information content (AvgIpc) is 2.67. The van der Waals surface area contributed by atoms with E-state index in [1.165, 1.54) is 0 Å². The monoisotopic (exact) mass is 382 g/mol. The molecular weight excluding hydrogens is 360 g/mol. The lowest BCUT2D eigenvalue weighted by Crippen LogP contribution is -2.59. The highest BCUT2D eigenvalue weighted by molar-refractivity contribution is 6.07. The van der Waals surface area contributed by atoms with Crippen molar-refractivity contribution >= 4 is 23.4 Å². The largest absolute Gasteiger partial charge is 0.494 e. The maximum atomic E-state index is 12.7. The topological polar surface area (TPSA) is 123 Å². The number of carbonyl (C=O) groups is 3. The number of ether oxygens (including phenoxy) is 1. The van der Waals surface area contributed by atoms with Gasteiger partial charge >= 0.3 is 0 Å². The molecule has 2 rings (SSSR count). The lowest BCUT2D eigenvalue weighted by Gasteiger charge is -2.43. The molecule has 1 saturated heterocycles.